The van der Waals surface area contributed by atoms with Gasteiger partial charge >= 0.3 is 0 Å². The summed E-state index contributed by atoms with van der Waals surface area (Å²) >= 11 is 6.83. The van der Waals surface area contributed by atoms with Crippen LogP contribution in [0.5, 0.6) is 5.75 Å². The lowest BCUT2D eigenvalue weighted by molar-refractivity contribution is 0.474. The Labute approximate surface area is 165 Å². The average Bonchev–Trinajstić information content (AvgIpc) is 2.90. The van der Waals surface area contributed by atoms with Crippen LogP contribution in [0.2, 0.25) is 0 Å². The first-order valence-corrected chi connectivity index (χ1v) is 9.17. The molecule has 0 aliphatic carbocycles. The number of rotatable bonds is 3. The Morgan fingerprint density at radius 3 is 2.73 bits per heavy atom. The van der Waals surface area contributed by atoms with E-state index in [2.05, 4.69) is 57.6 Å². The van der Waals surface area contributed by atoms with E-state index >= 15 is 0 Å². The molecule has 0 saturated carbocycles. The molecule has 0 bridgehead atoms. The van der Waals surface area contributed by atoms with Gasteiger partial charge < -0.3 is 9.67 Å². The van der Waals surface area contributed by atoms with Gasteiger partial charge in [-0.05, 0) is 36.4 Å². The fourth-order valence-corrected chi connectivity index (χ4v) is 3.41. The number of hydrogen-bond donors (Lipinski definition) is 2. The van der Waals surface area contributed by atoms with Crippen LogP contribution in [0.3, 0.4) is 0 Å². The summed E-state index contributed by atoms with van der Waals surface area (Å²) < 4.78 is 3.78. The molecule has 7 nitrogen and oxygen atoms in total. The first-order valence-electron chi connectivity index (χ1n) is 7.59. The Balaban J connectivity index is 1.67. The normalized spacial score (nSPS) is 11.7. The molecule has 0 radical (unpaired) electrons. The second-order valence-electron chi connectivity index (χ2n) is 5.60. The summed E-state index contributed by atoms with van der Waals surface area (Å²) in [5, 5.41) is 23.2. The fourth-order valence-electron chi connectivity index (χ4n) is 2.67. The predicted molar refractivity (Wildman–Crippen MR) is 109 cm³/mol. The molecule has 0 amide bonds. The second kappa shape index (κ2) is 6.65. The maximum Gasteiger partial charge on any atom is 0.265 e. The molecule has 0 fully saturated rings. The molecular formula is C17H12Br2N6O. The van der Waals surface area contributed by atoms with Crippen molar-refractivity contribution in [2.45, 2.75) is 0 Å². The molecule has 0 spiro atoms. The SMILES string of the molecule is Cn1c2ccc(Br)cc2c2nnc(N/N=C/c3cc(Br)ccc3O)nc21. The van der Waals surface area contributed by atoms with E-state index in [1.807, 2.05) is 29.8 Å². The minimum Gasteiger partial charge on any atom is -0.507 e. The van der Waals surface area contributed by atoms with E-state index in [-0.39, 0.29) is 11.7 Å². The third kappa shape index (κ3) is 3.04. The number of anilines is 1. The topological polar surface area (TPSA) is 88.2 Å². The van der Waals surface area contributed by atoms with Crippen LogP contribution in [-0.2, 0) is 7.05 Å². The number of phenolic OH excluding ortho intramolecular Hbond substituents is 1. The number of nitrogens with zero attached hydrogens (tertiary/aromatic N) is 5. The monoisotopic (exact) mass is 474 g/mol. The van der Waals surface area contributed by atoms with Crippen molar-refractivity contribution in [3.8, 4) is 5.75 Å². The molecule has 0 atom stereocenters. The number of hydrogen-bond acceptors (Lipinski definition) is 6. The summed E-state index contributed by atoms with van der Waals surface area (Å²) in [5.41, 5.74) is 5.76. The molecule has 0 saturated heterocycles. The Hall–Kier alpha value is -2.52. The minimum atomic E-state index is 0.132. The molecule has 2 heterocycles. The molecular weight excluding hydrogens is 464 g/mol. The van der Waals surface area contributed by atoms with Crippen molar-refractivity contribution in [2.24, 2.45) is 12.1 Å². The first-order chi connectivity index (χ1) is 12.5. The number of hydrazone groups is 1. The summed E-state index contributed by atoms with van der Waals surface area (Å²) in [5.74, 6) is 0.403. The van der Waals surface area contributed by atoms with Gasteiger partial charge in [0, 0.05) is 26.9 Å². The molecule has 2 N–H and O–H groups in total. The zero-order valence-corrected chi connectivity index (χ0v) is 16.7. The van der Waals surface area contributed by atoms with Gasteiger partial charge in [0.05, 0.1) is 11.7 Å². The lowest BCUT2D eigenvalue weighted by atomic mass is 10.2. The van der Waals surface area contributed by atoms with E-state index in [9.17, 15) is 5.11 Å². The summed E-state index contributed by atoms with van der Waals surface area (Å²) in [7, 11) is 1.93. The number of aromatic hydroxyl groups is 1. The molecule has 4 aromatic rings. The fraction of sp³-hybridized carbons (Fsp3) is 0.0588. The number of aryl methyl sites for hydroxylation is 1. The maximum absolute atomic E-state index is 9.82. The number of aromatic nitrogens is 4. The second-order valence-corrected chi connectivity index (χ2v) is 7.43. The zero-order valence-electron chi connectivity index (χ0n) is 13.5. The van der Waals surface area contributed by atoms with Crippen LogP contribution in [0.4, 0.5) is 5.95 Å². The van der Waals surface area contributed by atoms with Gasteiger partial charge in [-0.2, -0.15) is 10.1 Å². The van der Waals surface area contributed by atoms with E-state index in [1.165, 1.54) is 6.21 Å². The van der Waals surface area contributed by atoms with Crippen molar-refractivity contribution >= 4 is 66.1 Å². The van der Waals surface area contributed by atoms with Gasteiger partial charge in [0.15, 0.2) is 5.65 Å². The zero-order chi connectivity index (χ0) is 18.3. The molecule has 0 unspecified atom stereocenters. The van der Waals surface area contributed by atoms with E-state index < -0.39 is 0 Å². The maximum atomic E-state index is 9.82. The Morgan fingerprint density at radius 2 is 1.88 bits per heavy atom. The van der Waals surface area contributed by atoms with Gasteiger partial charge in [0.1, 0.15) is 11.3 Å². The van der Waals surface area contributed by atoms with E-state index in [0.717, 1.165) is 25.4 Å². The molecule has 2 aromatic heterocycles. The predicted octanol–water partition coefficient (Wildman–Crippen LogP) is 4.19. The van der Waals surface area contributed by atoms with Gasteiger partial charge in [-0.15, -0.1) is 10.2 Å². The highest BCUT2D eigenvalue weighted by molar-refractivity contribution is 9.10. The Kier molecular flexibility index (Phi) is 4.33. The Morgan fingerprint density at radius 1 is 1.12 bits per heavy atom. The van der Waals surface area contributed by atoms with Crippen LogP contribution in [0.25, 0.3) is 22.1 Å². The third-order valence-corrected chi connectivity index (χ3v) is 4.91. The van der Waals surface area contributed by atoms with Gasteiger partial charge in [-0.3, -0.25) is 0 Å². The minimum absolute atomic E-state index is 0.132. The van der Waals surface area contributed by atoms with Gasteiger partial charge in [-0.25, -0.2) is 5.43 Å². The highest BCUT2D eigenvalue weighted by atomic mass is 79.9. The third-order valence-electron chi connectivity index (χ3n) is 3.92. The molecule has 0 aliphatic rings. The molecule has 0 aliphatic heterocycles. The Bertz CT molecular complexity index is 1170. The quantitative estimate of drug-likeness (QED) is 0.342. The van der Waals surface area contributed by atoms with Crippen LogP contribution >= 0.6 is 31.9 Å². The van der Waals surface area contributed by atoms with Crippen LogP contribution in [-0.4, -0.2) is 31.1 Å². The van der Waals surface area contributed by atoms with Crippen molar-refractivity contribution in [2.75, 3.05) is 5.43 Å². The van der Waals surface area contributed by atoms with Crippen molar-refractivity contribution in [1.29, 1.82) is 0 Å². The van der Waals surface area contributed by atoms with Gasteiger partial charge in [0.2, 0.25) is 0 Å². The van der Waals surface area contributed by atoms with E-state index in [0.29, 0.717) is 11.2 Å². The summed E-state index contributed by atoms with van der Waals surface area (Å²) in [6.07, 6.45) is 1.49. The molecule has 130 valence electrons. The highest BCUT2D eigenvalue weighted by Crippen LogP contribution is 2.28. The molecule has 9 heteroatoms. The van der Waals surface area contributed by atoms with Crippen molar-refractivity contribution < 1.29 is 5.11 Å². The largest absolute Gasteiger partial charge is 0.507 e. The first kappa shape index (κ1) is 16.9. The van der Waals surface area contributed by atoms with Crippen LogP contribution in [0, 0.1) is 0 Å². The van der Waals surface area contributed by atoms with Crippen molar-refractivity contribution in [3.63, 3.8) is 0 Å². The lowest BCUT2D eigenvalue weighted by Crippen LogP contribution is -2.00. The molecule has 4 rings (SSSR count). The van der Waals surface area contributed by atoms with Crippen molar-refractivity contribution in [1.82, 2.24) is 19.7 Å². The molecule has 26 heavy (non-hydrogen) atoms. The number of nitrogens with one attached hydrogen (secondary N) is 1. The standard InChI is InChI=1S/C17H12Br2N6O/c1-25-13-4-2-11(19)7-12(13)15-16(25)21-17(24-22-15)23-20-8-9-6-10(18)3-5-14(9)26/h2-8,26H,1H3,(H,21,23,24)/b20-8+. The van der Waals surface area contributed by atoms with E-state index in [1.54, 1.807) is 18.2 Å². The van der Waals surface area contributed by atoms with Crippen molar-refractivity contribution in [3.05, 3.63) is 50.9 Å². The number of phenols is 1. The number of halogens is 2. The van der Waals surface area contributed by atoms with Gasteiger partial charge in [0.25, 0.3) is 5.95 Å². The summed E-state index contributed by atoms with van der Waals surface area (Å²) in [4.78, 5) is 4.49. The van der Waals surface area contributed by atoms with Crippen LogP contribution < -0.4 is 5.43 Å². The van der Waals surface area contributed by atoms with Gasteiger partial charge in [-0.1, -0.05) is 31.9 Å². The van der Waals surface area contributed by atoms with Crippen LogP contribution in [0.15, 0.2) is 50.4 Å². The number of benzene rings is 2. The molecule has 2 aromatic carbocycles. The van der Waals surface area contributed by atoms with E-state index in [4.69, 9.17) is 0 Å². The average molecular weight is 476 g/mol. The summed E-state index contributed by atoms with van der Waals surface area (Å²) in [6, 6.07) is 11.1. The summed E-state index contributed by atoms with van der Waals surface area (Å²) in [6.45, 7) is 0. The highest BCUT2D eigenvalue weighted by Gasteiger charge is 2.12. The number of fused-ring (bicyclic) bond motifs is 3. The lowest BCUT2D eigenvalue weighted by Gasteiger charge is -2.01. The van der Waals surface area contributed by atoms with Crippen LogP contribution in [0.1, 0.15) is 5.56 Å². The smallest absolute Gasteiger partial charge is 0.265 e.